The number of hydrogen-bond acceptors (Lipinski definition) is 4. The van der Waals surface area contributed by atoms with Crippen molar-refractivity contribution in [2.24, 2.45) is 0 Å². The average Bonchev–Trinajstić information content (AvgIpc) is 2.91. The summed E-state index contributed by atoms with van der Waals surface area (Å²) in [7, 11) is 0. The van der Waals surface area contributed by atoms with E-state index >= 15 is 0 Å². The molecule has 0 unspecified atom stereocenters. The number of hydrogen-bond donors (Lipinski definition) is 0. The van der Waals surface area contributed by atoms with Crippen molar-refractivity contribution in [2.75, 3.05) is 0 Å². The quantitative estimate of drug-likeness (QED) is 0.194. The van der Waals surface area contributed by atoms with Crippen LogP contribution in [0.3, 0.4) is 0 Å². The third kappa shape index (κ3) is 22.8. The van der Waals surface area contributed by atoms with E-state index in [-0.39, 0.29) is 62.6 Å². The van der Waals surface area contributed by atoms with Crippen molar-refractivity contribution in [3.63, 3.8) is 0 Å². The molecule has 0 saturated heterocycles. The van der Waals surface area contributed by atoms with Gasteiger partial charge in [-0.1, -0.05) is 121 Å². The third-order valence-electron chi connectivity index (χ3n) is 4.17. The zero-order valence-corrected chi connectivity index (χ0v) is 26.9. The van der Waals surface area contributed by atoms with E-state index in [2.05, 4.69) is 21.3 Å². The predicted molar refractivity (Wildman–Crippen MR) is 161 cm³/mol. The van der Waals surface area contributed by atoms with Crippen LogP contribution in [-0.2, 0) is 58.1 Å². The Bertz CT molecular complexity index is 1090. The van der Waals surface area contributed by atoms with E-state index in [0.717, 1.165) is 22.7 Å². The van der Waals surface area contributed by atoms with Crippen molar-refractivity contribution >= 4 is 46.4 Å². The fraction of sp³-hybridized carbons (Fsp3) is 0.125. The summed E-state index contributed by atoms with van der Waals surface area (Å²) in [6.45, 7) is 5.75. The Morgan fingerprint density at radius 1 is 0.333 bits per heavy atom. The van der Waals surface area contributed by atoms with Gasteiger partial charge in [-0.15, -0.1) is 22.7 Å². The van der Waals surface area contributed by atoms with Crippen LogP contribution in [0.2, 0.25) is 0 Å². The normalized spacial score (nSPS) is 8.48. The first kappa shape index (κ1) is 40.1. The molecule has 0 bridgehead atoms. The summed E-state index contributed by atoms with van der Waals surface area (Å²) in [5, 5.41) is 14.9. The van der Waals surface area contributed by atoms with Gasteiger partial charge in [0.25, 0.3) is 0 Å². The summed E-state index contributed by atoms with van der Waals surface area (Å²) >= 11 is 0. The molecule has 2 radical (unpaired) electrons. The number of carbonyl (C=O) groups excluding carboxylic acids is 4. The Balaban J connectivity index is 0. The molecule has 4 aromatic rings. The van der Waals surface area contributed by atoms with Gasteiger partial charge in [0.15, 0.2) is 0 Å². The summed E-state index contributed by atoms with van der Waals surface area (Å²) in [5.41, 5.74) is 2.87. The summed E-state index contributed by atoms with van der Waals surface area (Å²) in [5.74, 6) is -0.644. The fourth-order valence-electron chi connectivity index (χ4n) is 2.74. The molecule has 0 N–H and O–H groups in total. The molecule has 8 nitrogen and oxygen atoms in total. The molecule has 0 fully saturated rings. The van der Waals surface area contributed by atoms with Gasteiger partial charge in [0, 0.05) is 0 Å². The van der Waals surface area contributed by atoms with Crippen LogP contribution in [0, 0.1) is 0 Å². The van der Waals surface area contributed by atoms with E-state index in [4.69, 9.17) is 0 Å². The number of nitrogens with zero attached hydrogens (tertiary/aromatic N) is 4. The molecule has 0 aromatic heterocycles. The van der Waals surface area contributed by atoms with Crippen LogP contribution in [0.25, 0.3) is 21.3 Å². The van der Waals surface area contributed by atoms with Crippen LogP contribution < -0.4 is 0 Å². The predicted octanol–water partition coefficient (Wildman–Crippen LogP) is 8.95. The molecule has 4 rings (SSSR count). The minimum atomic E-state index is -0.161. The summed E-state index contributed by atoms with van der Waals surface area (Å²) < 4.78 is 0. The zero-order chi connectivity index (χ0) is 29.6. The number of para-hydroxylation sites is 4. The van der Waals surface area contributed by atoms with Gasteiger partial charge in [-0.2, -0.15) is 0 Å². The van der Waals surface area contributed by atoms with Gasteiger partial charge >= 0.3 is 39.0 Å². The number of carbonyl (C=O) groups is 4. The van der Waals surface area contributed by atoms with Crippen molar-refractivity contribution < 1.29 is 58.1 Å². The number of amides is 4. The van der Waals surface area contributed by atoms with Crippen LogP contribution in [-0.4, -0.2) is 23.6 Å². The summed E-state index contributed by atoms with van der Waals surface area (Å²) in [4.78, 5) is 41.8. The van der Waals surface area contributed by atoms with Gasteiger partial charge in [0.2, 0.25) is 0 Å². The van der Waals surface area contributed by atoms with Crippen LogP contribution in [0.15, 0.2) is 121 Å². The maximum absolute atomic E-state index is 10.4. The molecule has 0 aliphatic carbocycles. The number of benzene rings is 4. The topological polar surface area (TPSA) is 125 Å². The van der Waals surface area contributed by atoms with Crippen molar-refractivity contribution in [3.8, 4) is 0 Å². The Morgan fingerprint density at radius 3 is 0.595 bits per heavy atom. The zero-order valence-electron chi connectivity index (χ0n) is 23.6. The molecule has 0 saturated carbocycles. The van der Waals surface area contributed by atoms with Crippen LogP contribution in [0.4, 0.5) is 22.7 Å². The first-order chi connectivity index (χ1) is 19.2. The van der Waals surface area contributed by atoms with Gasteiger partial charge < -0.3 is 40.4 Å². The molecule has 4 amide bonds. The Hall–Kier alpha value is -3.99. The van der Waals surface area contributed by atoms with Crippen LogP contribution in [0.1, 0.15) is 27.7 Å². The van der Waals surface area contributed by atoms with E-state index < -0.39 is 0 Å². The molecule has 10 heteroatoms. The number of rotatable bonds is 4. The second-order valence-corrected chi connectivity index (χ2v) is 7.87. The van der Waals surface area contributed by atoms with Gasteiger partial charge in [0.1, 0.15) is 0 Å². The Morgan fingerprint density at radius 2 is 0.476 bits per heavy atom. The van der Waals surface area contributed by atoms with E-state index in [9.17, 15) is 19.2 Å². The monoisotopic (exact) mass is 742 g/mol. The maximum Gasteiger partial charge on any atom is 2.00 e. The second-order valence-electron chi connectivity index (χ2n) is 7.87. The average molecular weight is 742 g/mol. The van der Waals surface area contributed by atoms with E-state index in [1.807, 2.05) is 72.8 Å². The van der Waals surface area contributed by atoms with Gasteiger partial charge in [0.05, 0.1) is 23.6 Å². The van der Waals surface area contributed by atoms with Crippen molar-refractivity contribution in [1.82, 2.24) is 0 Å². The molecule has 0 atom stereocenters. The first-order valence-electron chi connectivity index (χ1n) is 12.2. The molecule has 42 heavy (non-hydrogen) atoms. The Labute approximate surface area is 273 Å². The van der Waals surface area contributed by atoms with Crippen molar-refractivity contribution in [1.29, 1.82) is 0 Å². The third-order valence-corrected chi connectivity index (χ3v) is 4.17. The molecule has 4 aromatic carbocycles. The van der Waals surface area contributed by atoms with Gasteiger partial charge in [-0.25, -0.2) is 0 Å². The minimum absolute atomic E-state index is 0. The van der Waals surface area contributed by atoms with Crippen molar-refractivity contribution in [3.05, 3.63) is 143 Å². The Kier molecular flexibility index (Phi) is 23.7. The molecule has 0 spiro atoms. The SMILES string of the molecule is CC(=O)[N-]c1ccccc1.CC(=O)[N-]c1ccccc1.CC(=O)[N-]c1ccccc1.CC(=O)[N-]c1ccccc1.[Rh+2].[Rh+2]. The largest absolute Gasteiger partial charge is 2.00 e. The van der Waals surface area contributed by atoms with Gasteiger partial charge in [-0.3, -0.25) is 0 Å². The summed E-state index contributed by atoms with van der Waals surface area (Å²) in [6, 6.07) is 36.7. The molecule has 0 heterocycles. The van der Waals surface area contributed by atoms with Crippen molar-refractivity contribution in [2.45, 2.75) is 27.7 Å². The van der Waals surface area contributed by atoms with E-state index in [1.54, 1.807) is 48.5 Å². The van der Waals surface area contributed by atoms with E-state index in [1.165, 1.54) is 27.7 Å². The fourth-order valence-corrected chi connectivity index (χ4v) is 2.74. The molecule has 0 aliphatic rings. The minimum Gasteiger partial charge on any atom is -0.627 e. The molecular formula is C32H32N4O4Rh2. The second kappa shape index (κ2) is 24.8. The molecule has 0 aliphatic heterocycles. The van der Waals surface area contributed by atoms with E-state index in [0.29, 0.717) is 0 Å². The standard InChI is InChI=1S/4C8H9NO.2Rh/c4*1-7(10)9-8-5-3-2-4-6-8;;/h4*2-6H,1H3,(H,9,10);;/q;;;;2*+2/p-4. The van der Waals surface area contributed by atoms with Crippen LogP contribution in [0.5, 0.6) is 0 Å². The maximum atomic E-state index is 10.4. The van der Waals surface area contributed by atoms with Gasteiger partial charge in [-0.05, 0) is 27.7 Å². The smallest absolute Gasteiger partial charge is 0.627 e. The first-order valence-corrected chi connectivity index (χ1v) is 12.2. The molecular weight excluding hydrogens is 710 g/mol. The molecule has 222 valence electrons. The summed E-state index contributed by atoms with van der Waals surface area (Å²) in [6.07, 6.45) is 0. The van der Waals surface area contributed by atoms with Crippen LogP contribution >= 0.6 is 0 Å².